The van der Waals surface area contributed by atoms with Crippen molar-refractivity contribution >= 4 is 11.5 Å². The summed E-state index contributed by atoms with van der Waals surface area (Å²) in [7, 11) is 0. The van der Waals surface area contributed by atoms with E-state index in [4.69, 9.17) is 0 Å². The number of aryl methyl sites for hydroxylation is 3. The molecule has 0 unspecified atom stereocenters. The topological polar surface area (TPSA) is 33.4 Å². The second-order valence-corrected chi connectivity index (χ2v) is 5.21. The third kappa shape index (κ3) is 1.76. The number of piperidine rings is 1. The van der Waals surface area contributed by atoms with Crippen LogP contribution in [0.4, 0.5) is 5.82 Å². The first-order chi connectivity index (χ1) is 8.66. The second-order valence-electron chi connectivity index (χ2n) is 5.21. The van der Waals surface area contributed by atoms with Gasteiger partial charge in [0.05, 0.1) is 5.69 Å². The van der Waals surface area contributed by atoms with Crippen molar-refractivity contribution in [3.8, 4) is 0 Å². The molecular formula is C14H20N4. The molecule has 3 heterocycles. The second kappa shape index (κ2) is 4.26. The van der Waals surface area contributed by atoms with Crippen LogP contribution in [-0.2, 0) is 0 Å². The summed E-state index contributed by atoms with van der Waals surface area (Å²) in [5.74, 6) is 2.30. The molecular weight excluding hydrogens is 224 g/mol. The van der Waals surface area contributed by atoms with Gasteiger partial charge in [0.25, 0.3) is 0 Å². The zero-order valence-corrected chi connectivity index (χ0v) is 11.4. The maximum Gasteiger partial charge on any atom is 0.161 e. The van der Waals surface area contributed by atoms with Crippen molar-refractivity contribution in [1.29, 1.82) is 0 Å². The number of fused-ring (bicyclic) bond motifs is 1. The predicted molar refractivity (Wildman–Crippen MR) is 73.3 cm³/mol. The molecule has 0 bridgehead atoms. The number of hydrogen-bond acceptors (Lipinski definition) is 3. The molecule has 1 aliphatic heterocycles. The third-order valence-electron chi connectivity index (χ3n) is 3.72. The average molecular weight is 244 g/mol. The molecule has 0 atom stereocenters. The fourth-order valence-electron chi connectivity index (χ4n) is 2.87. The minimum atomic E-state index is 1.01. The molecule has 0 amide bonds. The van der Waals surface area contributed by atoms with Gasteiger partial charge in [-0.3, -0.25) is 4.40 Å². The average Bonchev–Trinajstić information content (AvgIpc) is 2.65. The molecule has 96 valence electrons. The van der Waals surface area contributed by atoms with E-state index in [-0.39, 0.29) is 0 Å². The largest absolute Gasteiger partial charge is 0.358 e. The van der Waals surface area contributed by atoms with Crippen molar-refractivity contribution in [3.63, 3.8) is 0 Å². The third-order valence-corrected chi connectivity index (χ3v) is 3.72. The van der Waals surface area contributed by atoms with Gasteiger partial charge >= 0.3 is 0 Å². The van der Waals surface area contributed by atoms with E-state index in [1.807, 2.05) is 6.92 Å². The van der Waals surface area contributed by atoms with E-state index in [1.165, 1.54) is 25.1 Å². The monoisotopic (exact) mass is 244 g/mol. The van der Waals surface area contributed by atoms with Gasteiger partial charge in [0.2, 0.25) is 0 Å². The van der Waals surface area contributed by atoms with Crippen LogP contribution in [0.1, 0.15) is 36.5 Å². The summed E-state index contributed by atoms with van der Waals surface area (Å²) in [5, 5.41) is 0. The first-order valence-electron chi connectivity index (χ1n) is 6.75. The Hall–Kier alpha value is -1.58. The molecule has 0 radical (unpaired) electrons. The van der Waals surface area contributed by atoms with Gasteiger partial charge in [-0.2, -0.15) is 0 Å². The summed E-state index contributed by atoms with van der Waals surface area (Å²) in [6, 6.07) is 2.19. The Morgan fingerprint density at radius 2 is 1.72 bits per heavy atom. The van der Waals surface area contributed by atoms with Crippen molar-refractivity contribution in [2.45, 2.75) is 40.0 Å². The summed E-state index contributed by atoms with van der Waals surface area (Å²) >= 11 is 0. The number of aromatic nitrogens is 3. The summed E-state index contributed by atoms with van der Waals surface area (Å²) in [5.41, 5.74) is 3.11. The Balaban J connectivity index is 2.20. The molecule has 18 heavy (non-hydrogen) atoms. The fourth-order valence-corrected chi connectivity index (χ4v) is 2.87. The van der Waals surface area contributed by atoms with E-state index in [0.717, 1.165) is 35.9 Å². The predicted octanol–water partition coefficient (Wildman–Crippen LogP) is 2.64. The van der Waals surface area contributed by atoms with Crippen LogP contribution in [0.5, 0.6) is 0 Å². The lowest BCUT2D eigenvalue weighted by Crippen LogP contribution is -2.31. The van der Waals surface area contributed by atoms with Gasteiger partial charge in [-0.05, 0) is 40.0 Å². The lowest BCUT2D eigenvalue weighted by Gasteiger charge is -2.29. The number of imidazole rings is 1. The number of hydrogen-bond donors (Lipinski definition) is 0. The summed E-state index contributed by atoms with van der Waals surface area (Å²) in [6.45, 7) is 8.46. The van der Waals surface area contributed by atoms with Crippen LogP contribution in [0.25, 0.3) is 5.65 Å². The Morgan fingerprint density at radius 1 is 1.00 bits per heavy atom. The minimum absolute atomic E-state index is 1.01. The van der Waals surface area contributed by atoms with E-state index in [0.29, 0.717) is 0 Å². The van der Waals surface area contributed by atoms with Crippen molar-refractivity contribution in [3.05, 3.63) is 23.3 Å². The molecule has 4 heteroatoms. The molecule has 2 aromatic heterocycles. The van der Waals surface area contributed by atoms with Gasteiger partial charge < -0.3 is 4.90 Å². The van der Waals surface area contributed by atoms with E-state index >= 15 is 0 Å². The summed E-state index contributed by atoms with van der Waals surface area (Å²) in [4.78, 5) is 11.7. The highest BCUT2D eigenvalue weighted by Gasteiger charge is 2.17. The van der Waals surface area contributed by atoms with E-state index in [1.54, 1.807) is 0 Å². The van der Waals surface area contributed by atoms with Crippen LogP contribution in [0.15, 0.2) is 6.07 Å². The normalized spacial score (nSPS) is 16.5. The van der Waals surface area contributed by atoms with E-state index < -0.39 is 0 Å². The van der Waals surface area contributed by atoms with Gasteiger partial charge in [0, 0.05) is 24.8 Å². The Morgan fingerprint density at radius 3 is 2.44 bits per heavy atom. The van der Waals surface area contributed by atoms with Crippen LogP contribution >= 0.6 is 0 Å². The SMILES string of the molecule is Cc1cc(N2CCCCC2)n2c(C)nc(C)c2n1. The maximum atomic E-state index is 4.63. The Bertz CT molecular complexity index is 579. The van der Waals surface area contributed by atoms with E-state index in [9.17, 15) is 0 Å². The van der Waals surface area contributed by atoms with Crippen LogP contribution in [-0.4, -0.2) is 27.5 Å². The lowest BCUT2D eigenvalue weighted by molar-refractivity contribution is 0.570. The highest BCUT2D eigenvalue weighted by Crippen LogP contribution is 2.24. The van der Waals surface area contributed by atoms with Crippen molar-refractivity contribution in [1.82, 2.24) is 14.4 Å². The number of rotatable bonds is 1. The van der Waals surface area contributed by atoms with Gasteiger partial charge in [-0.1, -0.05) is 0 Å². The molecule has 0 aliphatic carbocycles. The minimum Gasteiger partial charge on any atom is -0.358 e. The molecule has 1 fully saturated rings. The lowest BCUT2D eigenvalue weighted by atomic mass is 10.1. The maximum absolute atomic E-state index is 4.63. The molecule has 1 aliphatic rings. The first kappa shape index (κ1) is 11.5. The summed E-state index contributed by atoms with van der Waals surface area (Å²) < 4.78 is 2.20. The van der Waals surface area contributed by atoms with Gasteiger partial charge in [0.1, 0.15) is 11.6 Å². The molecule has 1 saturated heterocycles. The number of anilines is 1. The summed E-state index contributed by atoms with van der Waals surface area (Å²) in [6.07, 6.45) is 3.93. The highest BCUT2D eigenvalue weighted by molar-refractivity contribution is 5.56. The molecule has 0 saturated carbocycles. The zero-order valence-electron chi connectivity index (χ0n) is 11.4. The smallest absolute Gasteiger partial charge is 0.161 e. The quantitative estimate of drug-likeness (QED) is 0.773. The van der Waals surface area contributed by atoms with Gasteiger partial charge in [0.15, 0.2) is 5.65 Å². The van der Waals surface area contributed by atoms with E-state index in [2.05, 4.69) is 39.2 Å². The molecule has 2 aromatic rings. The number of nitrogens with zero attached hydrogens (tertiary/aromatic N) is 4. The molecule has 0 N–H and O–H groups in total. The van der Waals surface area contributed by atoms with Gasteiger partial charge in [-0.25, -0.2) is 9.97 Å². The van der Waals surface area contributed by atoms with Crippen molar-refractivity contribution in [2.75, 3.05) is 18.0 Å². The fraction of sp³-hybridized carbons (Fsp3) is 0.571. The van der Waals surface area contributed by atoms with Crippen LogP contribution < -0.4 is 4.90 Å². The Kier molecular flexibility index (Phi) is 2.73. The van der Waals surface area contributed by atoms with Crippen LogP contribution in [0.2, 0.25) is 0 Å². The highest BCUT2D eigenvalue weighted by atomic mass is 15.3. The standard InChI is InChI=1S/C14H20N4/c1-10-9-13(17-7-5-4-6-8-17)18-12(3)16-11(2)14(18)15-10/h9H,4-8H2,1-3H3. The van der Waals surface area contributed by atoms with Crippen LogP contribution in [0, 0.1) is 20.8 Å². The molecule has 0 spiro atoms. The zero-order chi connectivity index (χ0) is 12.7. The van der Waals surface area contributed by atoms with Crippen molar-refractivity contribution < 1.29 is 0 Å². The molecule has 3 rings (SSSR count). The van der Waals surface area contributed by atoms with Crippen molar-refractivity contribution in [2.24, 2.45) is 0 Å². The first-order valence-corrected chi connectivity index (χ1v) is 6.75. The van der Waals surface area contributed by atoms with Crippen LogP contribution in [0.3, 0.4) is 0 Å². The molecule has 0 aromatic carbocycles. The van der Waals surface area contributed by atoms with Gasteiger partial charge in [-0.15, -0.1) is 0 Å². The molecule has 4 nitrogen and oxygen atoms in total. The Labute approximate surface area is 108 Å².